The van der Waals surface area contributed by atoms with Crippen LogP contribution in [-0.2, 0) is 15.1 Å². The van der Waals surface area contributed by atoms with Gasteiger partial charge in [-0.25, -0.2) is 9.88 Å². The molecule has 2 saturated heterocycles. The molecule has 9 heteroatoms. The van der Waals surface area contributed by atoms with Crippen LogP contribution in [0.15, 0.2) is 71.5 Å². The summed E-state index contributed by atoms with van der Waals surface area (Å²) in [6.45, 7) is 4.17. The molecule has 0 bridgehead atoms. The zero-order valence-electron chi connectivity index (χ0n) is 21.2. The minimum Gasteiger partial charge on any atom is -0.297 e. The maximum absolute atomic E-state index is 14.5. The van der Waals surface area contributed by atoms with E-state index in [2.05, 4.69) is 19.2 Å². The van der Waals surface area contributed by atoms with Gasteiger partial charge in [0.2, 0.25) is 11.8 Å². The summed E-state index contributed by atoms with van der Waals surface area (Å²) in [7, 11) is 0. The number of para-hydroxylation sites is 2. The monoisotopic (exact) mass is 558 g/mol. The Morgan fingerprint density at radius 3 is 2.49 bits per heavy atom. The van der Waals surface area contributed by atoms with Crippen LogP contribution in [0.2, 0.25) is 10.0 Å². The Bertz CT molecular complexity index is 1780. The zero-order valence-corrected chi connectivity index (χ0v) is 22.7. The highest BCUT2D eigenvalue weighted by Crippen LogP contribution is 2.56. The summed E-state index contributed by atoms with van der Waals surface area (Å²) >= 11 is 12.8. The van der Waals surface area contributed by atoms with Crippen molar-refractivity contribution >= 4 is 51.6 Å². The Kier molecular flexibility index (Phi) is 5.34. The lowest BCUT2D eigenvalue weighted by molar-refractivity contribution is -0.123. The van der Waals surface area contributed by atoms with Crippen molar-refractivity contribution in [3.8, 4) is 5.69 Å². The Hall–Kier alpha value is -3.52. The molecule has 3 aliphatic heterocycles. The molecule has 1 aromatic heterocycles. The zero-order chi connectivity index (χ0) is 27.2. The molecule has 3 aromatic carbocycles. The van der Waals surface area contributed by atoms with E-state index in [0.29, 0.717) is 33.9 Å². The summed E-state index contributed by atoms with van der Waals surface area (Å²) in [5, 5.41) is 4.83. The lowest BCUT2D eigenvalue weighted by Crippen LogP contribution is -2.50. The number of hydrogen-bond acceptors (Lipinski definition) is 5. The standard InChI is InChI=1S/C30H24Cl2N4O3/c1-15(2)13-21-24-25(28(39)35(27(24)38)23-14-16(31)11-12-19(23)32)30(34-21)18-8-4-6-10-22(18)36-26(37)17-7-3-5-9-20(17)33-29(30)36/h3-12,14-15,21,24-25,34H,13H2,1-2H3/t21-,24-,25+,30-/m0/s1. The number of fused-ring (bicyclic) bond motifs is 8. The van der Waals surface area contributed by atoms with Crippen LogP contribution in [-0.4, -0.2) is 27.4 Å². The van der Waals surface area contributed by atoms with Crippen molar-refractivity contribution in [2.24, 2.45) is 17.8 Å². The minimum atomic E-state index is -1.18. The molecular weight excluding hydrogens is 535 g/mol. The van der Waals surface area contributed by atoms with Crippen molar-refractivity contribution in [2.75, 3.05) is 4.90 Å². The van der Waals surface area contributed by atoms with Gasteiger partial charge in [0, 0.05) is 16.6 Å². The van der Waals surface area contributed by atoms with E-state index in [9.17, 15) is 14.4 Å². The summed E-state index contributed by atoms with van der Waals surface area (Å²) in [5.41, 5.74) is 0.826. The van der Waals surface area contributed by atoms with Crippen LogP contribution in [0.3, 0.4) is 0 Å². The molecule has 196 valence electrons. The normalized spacial score (nSPS) is 25.2. The first-order chi connectivity index (χ1) is 18.7. The van der Waals surface area contributed by atoms with Gasteiger partial charge in [0.15, 0.2) is 0 Å². The van der Waals surface area contributed by atoms with Gasteiger partial charge in [-0.15, -0.1) is 0 Å². The van der Waals surface area contributed by atoms with Gasteiger partial charge >= 0.3 is 0 Å². The maximum Gasteiger partial charge on any atom is 0.266 e. The van der Waals surface area contributed by atoms with Crippen molar-refractivity contribution in [3.05, 3.63) is 98.5 Å². The first-order valence-corrected chi connectivity index (χ1v) is 13.7. The third-order valence-electron chi connectivity index (χ3n) is 8.24. The van der Waals surface area contributed by atoms with E-state index >= 15 is 0 Å². The van der Waals surface area contributed by atoms with E-state index in [1.807, 2.05) is 36.4 Å². The molecule has 2 fully saturated rings. The topological polar surface area (TPSA) is 84.3 Å². The van der Waals surface area contributed by atoms with Crippen LogP contribution in [0.1, 0.15) is 31.7 Å². The quantitative estimate of drug-likeness (QED) is 0.355. The number of nitrogens with zero attached hydrogens (tertiary/aromatic N) is 3. The van der Waals surface area contributed by atoms with Gasteiger partial charge in [0.1, 0.15) is 11.4 Å². The number of carbonyl (C=O) groups excluding carboxylic acids is 2. The average molecular weight is 559 g/mol. The Labute approximate surface area is 234 Å². The molecule has 7 nitrogen and oxygen atoms in total. The van der Waals surface area contributed by atoms with Gasteiger partial charge < -0.3 is 0 Å². The molecule has 0 aliphatic carbocycles. The third-order valence-corrected chi connectivity index (χ3v) is 8.79. The maximum atomic E-state index is 14.5. The smallest absolute Gasteiger partial charge is 0.266 e. The molecule has 0 unspecified atom stereocenters. The number of amides is 2. The van der Waals surface area contributed by atoms with Crippen molar-refractivity contribution < 1.29 is 9.59 Å². The fraction of sp³-hybridized carbons (Fsp3) is 0.267. The van der Waals surface area contributed by atoms with E-state index in [0.717, 1.165) is 5.56 Å². The molecule has 1 spiro atoms. The number of benzene rings is 3. The molecule has 4 aromatic rings. The predicted molar refractivity (Wildman–Crippen MR) is 150 cm³/mol. The number of anilines is 1. The van der Waals surface area contributed by atoms with Crippen molar-refractivity contribution in [3.63, 3.8) is 0 Å². The van der Waals surface area contributed by atoms with Crippen molar-refractivity contribution in [1.29, 1.82) is 0 Å². The molecule has 4 heterocycles. The average Bonchev–Trinajstić information content (AvgIpc) is 3.48. The van der Waals surface area contributed by atoms with E-state index < -0.39 is 23.3 Å². The molecule has 4 atom stereocenters. The van der Waals surface area contributed by atoms with Crippen LogP contribution in [0, 0.1) is 17.8 Å². The number of halogens is 2. The van der Waals surface area contributed by atoms with Crippen LogP contribution in [0.25, 0.3) is 16.6 Å². The first kappa shape index (κ1) is 24.5. The van der Waals surface area contributed by atoms with E-state index in [1.165, 1.54) is 4.90 Å². The number of nitrogens with one attached hydrogen (secondary N) is 1. The molecule has 1 N–H and O–H groups in total. The van der Waals surface area contributed by atoms with E-state index in [-0.39, 0.29) is 34.1 Å². The van der Waals surface area contributed by atoms with E-state index in [4.69, 9.17) is 28.2 Å². The summed E-state index contributed by atoms with van der Waals surface area (Å²) in [5.74, 6) is -1.58. The molecule has 39 heavy (non-hydrogen) atoms. The Morgan fingerprint density at radius 1 is 0.949 bits per heavy atom. The second kappa shape index (κ2) is 8.49. The van der Waals surface area contributed by atoms with Crippen LogP contribution in [0.4, 0.5) is 5.69 Å². The van der Waals surface area contributed by atoms with Crippen LogP contribution in [0.5, 0.6) is 0 Å². The Balaban J connectivity index is 1.53. The summed E-state index contributed by atoms with van der Waals surface area (Å²) < 4.78 is 1.60. The van der Waals surface area contributed by atoms with Crippen molar-refractivity contribution in [1.82, 2.24) is 14.9 Å². The largest absolute Gasteiger partial charge is 0.297 e. The second-order valence-electron chi connectivity index (χ2n) is 10.9. The summed E-state index contributed by atoms with van der Waals surface area (Å²) in [6, 6.07) is 19.1. The Morgan fingerprint density at radius 2 is 1.69 bits per heavy atom. The number of carbonyl (C=O) groups is 2. The number of imide groups is 1. The highest BCUT2D eigenvalue weighted by atomic mass is 35.5. The fourth-order valence-corrected chi connectivity index (χ4v) is 7.19. The molecule has 3 aliphatic rings. The molecular formula is C30H24Cl2N4O3. The lowest BCUT2D eigenvalue weighted by atomic mass is 9.75. The van der Waals surface area contributed by atoms with Crippen molar-refractivity contribution in [2.45, 2.75) is 31.8 Å². The molecule has 7 rings (SSSR count). The van der Waals surface area contributed by atoms with Gasteiger partial charge in [-0.05, 0) is 48.7 Å². The number of aromatic nitrogens is 2. The highest BCUT2D eigenvalue weighted by molar-refractivity contribution is 6.38. The van der Waals surface area contributed by atoms with Gasteiger partial charge in [-0.2, -0.15) is 0 Å². The summed E-state index contributed by atoms with van der Waals surface area (Å²) in [6.07, 6.45) is 0.652. The second-order valence-corrected chi connectivity index (χ2v) is 11.8. The highest BCUT2D eigenvalue weighted by Gasteiger charge is 2.69. The summed E-state index contributed by atoms with van der Waals surface area (Å²) in [4.78, 5) is 48.7. The third kappa shape index (κ3) is 3.21. The fourth-order valence-electron chi connectivity index (χ4n) is 6.82. The van der Waals surface area contributed by atoms with Crippen LogP contribution < -0.4 is 15.8 Å². The van der Waals surface area contributed by atoms with Gasteiger partial charge in [0.25, 0.3) is 5.56 Å². The van der Waals surface area contributed by atoms with Crippen LogP contribution >= 0.6 is 23.2 Å². The molecule has 0 saturated carbocycles. The van der Waals surface area contributed by atoms with E-state index in [1.54, 1.807) is 34.9 Å². The minimum absolute atomic E-state index is 0.211. The molecule has 0 radical (unpaired) electrons. The molecule has 2 amide bonds. The lowest BCUT2D eigenvalue weighted by Gasteiger charge is -2.32. The van der Waals surface area contributed by atoms with Gasteiger partial charge in [-0.1, -0.05) is 67.4 Å². The van der Waals surface area contributed by atoms with Gasteiger partial charge in [0.05, 0.1) is 39.1 Å². The van der Waals surface area contributed by atoms with Gasteiger partial charge in [-0.3, -0.25) is 24.3 Å². The number of hydrogen-bond donors (Lipinski definition) is 1. The first-order valence-electron chi connectivity index (χ1n) is 13.0. The SMILES string of the molecule is CC(C)C[C@@H]1N[C@@]2(c3ccccc3-n3c2nc2ccccc2c3=O)[C@H]2C(=O)N(c3cc(Cl)ccc3Cl)C(=O)[C@@H]12. The predicted octanol–water partition coefficient (Wildman–Crippen LogP) is 5.07. The number of rotatable bonds is 3.